The molecule has 1 aromatic rings. The number of nitrogens with one attached hydrogen (secondary N) is 1. The molecule has 0 aliphatic heterocycles. The van der Waals surface area contributed by atoms with E-state index in [-0.39, 0.29) is 5.91 Å². The number of aromatic nitrogens is 1. The average Bonchev–Trinajstić information content (AvgIpc) is 2.57. The van der Waals surface area contributed by atoms with Crippen molar-refractivity contribution in [3.8, 4) is 0 Å². The van der Waals surface area contributed by atoms with Crippen LogP contribution in [0.1, 0.15) is 36.3 Å². The summed E-state index contributed by atoms with van der Waals surface area (Å²) in [6.07, 6.45) is 2.35. The Morgan fingerprint density at radius 1 is 1.56 bits per heavy atom. The molecule has 6 heteroatoms. The van der Waals surface area contributed by atoms with E-state index < -0.39 is 11.9 Å². The van der Waals surface area contributed by atoms with Crippen molar-refractivity contribution in [2.45, 2.75) is 32.1 Å². The molecular weight excluding hydrogens is 228 g/mol. The lowest BCUT2D eigenvalue weighted by molar-refractivity contribution is -0.139. The number of nitrogens with zero attached hydrogens (tertiary/aromatic N) is 1. The number of carbonyl (C=O) groups excluding carboxylic acids is 1. The fraction of sp³-hybridized carbons (Fsp3) is 0.500. The van der Waals surface area contributed by atoms with E-state index in [4.69, 9.17) is 5.11 Å². The molecule has 0 spiro atoms. The van der Waals surface area contributed by atoms with Crippen LogP contribution in [0.3, 0.4) is 0 Å². The van der Waals surface area contributed by atoms with Crippen molar-refractivity contribution >= 4 is 28.3 Å². The van der Waals surface area contributed by atoms with Crippen molar-refractivity contribution in [2.24, 2.45) is 0 Å². The molecular formula is C10H12N2O3S. The first-order valence-electron chi connectivity index (χ1n) is 5.08. The van der Waals surface area contributed by atoms with Gasteiger partial charge in [-0.15, -0.1) is 11.3 Å². The molecule has 16 heavy (non-hydrogen) atoms. The molecule has 0 fully saturated rings. The first-order chi connectivity index (χ1) is 7.58. The highest BCUT2D eigenvalue weighted by Crippen LogP contribution is 2.36. The van der Waals surface area contributed by atoms with E-state index in [0.29, 0.717) is 17.2 Å². The lowest BCUT2D eigenvalue weighted by Crippen LogP contribution is -2.17. The van der Waals surface area contributed by atoms with Crippen LogP contribution in [0.4, 0.5) is 5.13 Å². The van der Waals surface area contributed by atoms with Gasteiger partial charge in [0.05, 0.1) is 5.69 Å². The molecule has 0 saturated carbocycles. The Labute approximate surface area is 96.5 Å². The predicted octanol–water partition coefficient (Wildman–Crippen LogP) is 1.61. The number of aliphatic carboxylic acids is 1. The molecule has 86 valence electrons. The van der Waals surface area contributed by atoms with Crippen molar-refractivity contribution in [1.29, 1.82) is 0 Å². The van der Waals surface area contributed by atoms with E-state index in [1.165, 1.54) is 18.3 Å². The van der Waals surface area contributed by atoms with E-state index in [1.54, 1.807) is 0 Å². The highest BCUT2D eigenvalue weighted by Gasteiger charge is 2.29. The number of rotatable bonds is 2. The minimum Gasteiger partial charge on any atom is -0.481 e. The Morgan fingerprint density at radius 3 is 2.94 bits per heavy atom. The van der Waals surface area contributed by atoms with Gasteiger partial charge in [0.2, 0.25) is 5.91 Å². The van der Waals surface area contributed by atoms with Crippen molar-refractivity contribution in [3.63, 3.8) is 0 Å². The molecule has 0 saturated heterocycles. The number of anilines is 1. The van der Waals surface area contributed by atoms with E-state index in [9.17, 15) is 9.59 Å². The molecule has 0 radical (unpaired) electrons. The number of hydrogen-bond donors (Lipinski definition) is 2. The fourth-order valence-corrected chi connectivity index (χ4v) is 2.97. The van der Waals surface area contributed by atoms with E-state index >= 15 is 0 Å². The number of aryl methyl sites for hydroxylation is 1. The molecule has 1 unspecified atom stereocenters. The van der Waals surface area contributed by atoms with Gasteiger partial charge in [-0.05, 0) is 19.3 Å². The van der Waals surface area contributed by atoms with Gasteiger partial charge in [-0.1, -0.05) is 0 Å². The summed E-state index contributed by atoms with van der Waals surface area (Å²) < 4.78 is 0. The van der Waals surface area contributed by atoms with Crippen molar-refractivity contribution in [2.75, 3.05) is 5.32 Å². The third kappa shape index (κ3) is 2.06. The molecule has 2 rings (SSSR count). The smallest absolute Gasteiger partial charge is 0.312 e. The maximum atomic E-state index is 11.0. The number of fused-ring (bicyclic) bond motifs is 1. The Hall–Kier alpha value is -1.43. The zero-order valence-corrected chi connectivity index (χ0v) is 9.63. The van der Waals surface area contributed by atoms with Crippen LogP contribution in [-0.2, 0) is 16.0 Å². The zero-order chi connectivity index (χ0) is 11.7. The van der Waals surface area contributed by atoms with Crippen LogP contribution in [0, 0.1) is 0 Å². The normalized spacial score (nSPS) is 18.9. The minimum atomic E-state index is -0.833. The van der Waals surface area contributed by atoms with Crippen LogP contribution in [0.25, 0.3) is 0 Å². The number of amides is 1. The largest absolute Gasteiger partial charge is 0.481 e. The quantitative estimate of drug-likeness (QED) is 0.823. The van der Waals surface area contributed by atoms with Crippen LogP contribution >= 0.6 is 11.3 Å². The van der Waals surface area contributed by atoms with Crippen LogP contribution < -0.4 is 5.32 Å². The SMILES string of the molecule is CC(=O)Nc1nc2c(s1)CCCC2C(=O)O. The first kappa shape index (κ1) is 11.1. The summed E-state index contributed by atoms with van der Waals surface area (Å²) in [7, 11) is 0. The third-order valence-corrected chi connectivity index (χ3v) is 3.58. The van der Waals surface area contributed by atoms with Gasteiger partial charge in [0, 0.05) is 11.8 Å². The summed E-state index contributed by atoms with van der Waals surface area (Å²) in [5.74, 6) is -1.53. The van der Waals surface area contributed by atoms with Gasteiger partial charge in [0.25, 0.3) is 0 Å². The third-order valence-electron chi connectivity index (χ3n) is 2.54. The number of hydrogen-bond acceptors (Lipinski definition) is 4. The van der Waals surface area contributed by atoms with Crippen LogP contribution in [0.2, 0.25) is 0 Å². The van der Waals surface area contributed by atoms with Gasteiger partial charge < -0.3 is 10.4 Å². The molecule has 0 bridgehead atoms. The molecule has 1 amide bonds. The Bertz CT molecular complexity index is 441. The first-order valence-corrected chi connectivity index (χ1v) is 5.89. The molecule has 1 heterocycles. The Morgan fingerprint density at radius 2 is 2.31 bits per heavy atom. The van der Waals surface area contributed by atoms with Crippen molar-refractivity contribution < 1.29 is 14.7 Å². The molecule has 1 aliphatic carbocycles. The van der Waals surface area contributed by atoms with Crippen molar-refractivity contribution in [1.82, 2.24) is 4.98 Å². The Kier molecular flexibility index (Phi) is 2.91. The van der Waals surface area contributed by atoms with Gasteiger partial charge in [-0.25, -0.2) is 4.98 Å². The van der Waals surface area contributed by atoms with E-state index in [0.717, 1.165) is 17.7 Å². The second kappa shape index (κ2) is 4.21. The lowest BCUT2D eigenvalue weighted by atomic mass is 9.91. The van der Waals surface area contributed by atoms with E-state index in [1.807, 2.05) is 0 Å². The minimum absolute atomic E-state index is 0.182. The van der Waals surface area contributed by atoms with Gasteiger partial charge in [-0.3, -0.25) is 9.59 Å². The number of carboxylic acid groups (broad SMARTS) is 1. The molecule has 2 N–H and O–H groups in total. The summed E-state index contributed by atoms with van der Waals surface area (Å²) in [5, 5.41) is 12.2. The number of thiazole rings is 1. The monoisotopic (exact) mass is 240 g/mol. The fourth-order valence-electron chi connectivity index (χ4n) is 1.86. The molecule has 5 nitrogen and oxygen atoms in total. The van der Waals surface area contributed by atoms with Crippen LogP contribution in [0.5, 0.6) is 0 Å². The summed E-state index contributed by atoms with van der Waals surface area (Å²) >= 11 is 1.38. The van der Waals surface area contributed by atoms with Crippen LogP contribution in [0.15, 0.2) is 0 Å². The van der Waals surface area contributed by atoms with Gasteiger partial charge >= 0.3 is 5.97 Å². The second-order valence-electron chi connectivity index (χ2n) is 3.79. The molecule has 1 atom stereocenters. The van der Waals surface area contributed by atoms with Crippen molar-refractivity contribution in [3.05, 3.63) is 10.6 Å². The lowest BCUT2D eigenvalue weighted by Gasteiger charge is -2.16. The maximum Gasteiger partial charge on any atom is 0.312 e. The second-order valence-corrected chi connectivity index (χ2v) is 4.88. The van der Waals surface area contributed by atoms with E-state index in [2.05, 4.69) is 10.3 Å². The van der Waals surface area contributed by atoms with Crippen LogP contribution in [-0.4, -0.2) is 22.0 Å². The standard InChI is InChI=1S/C10H12N2O3S/c1-5(13)11-10-12-8-6(9(14)15)3-2-4-7(8)16-10/h6H,2-4H2,1H3,(H,14,15)(H,11,12,13). The number of carboxylic acids is 1. The maximum absolute atomic E-state index is 11.0. The Balaban J connectivity index is 2.30. The highest BCUT2D eigenvalue weighted by atomic mass is 32.1. The predicted molar refractivity (Wildman–Crippen MR) is 59.7 cm³/mol. The van der Waals surface area contributed by atoms with Gasteiger partial charge in [0.15, 0.2) is 5.13 Å². The average molecular weight is 240 g/mol. The summed E-state index contributed by atoms with van der Waals surface area (Å²) in [5.41, 5.74) is 0.632. The summed E-state index contributed by atoms with van der Waals surface area (Å²) in [6, 6.07) is 0. The van der Waals surface area contributed by atoms with Gasteiger partial charge in [-0.2, -0.15) is 0 Å². The zero-order valence-electron chi connectivity index (χ0n) is 8.82. The molecule has 0 aromatic carbocycles. The summed E-state index contributed by atoms with van der Waals surface area (Å²) in [4.78, 5) is 27.1. The topological polar surface area (TPSA) is 79.3 Å². The number of carbonyl (C=O) groups is 2. The highest BCUT2D eigenvalue weighted by molar-refractivity contribution is 7.15. The summed E-state index contributed by atoms with van der Waals surface area (Å²) in [6.45, 7) is 1.41. The molecule has 1 aliphatic rings. The van der Waals surface area contributed by atoms with Gasteiger partial charge in [0.1, 0.15) is 5.92 Å². The molecule has 1 aromatic heterocycles.